The molecule has 0 aromatic heterocycles. The van der Waals surface area contributed by atoms with Crippen LogP contribution < -0.4 is 5.32 Å². The van der Waals surface area contributed by atoms with Gasteiger partial charge in [0.1, 0.15) is 0 Å². The largest absolute Gasteiger partial charge is 0.466 e. The van der Waals surface area contributed by atoms with Crippen molar-refractivity contribution in [2.24, 2.45) is 0 Å². The standard InChI is InChI=1S/C80H151NO5/c1-3-5-7-9-11-13-15-17-19-21-23-24-34-37-40-44-48-52-56-60-64-68-72-78(83)77(76-82)81-79(84)73-69-65-61-57-53-49-45-41-38-35-32-30-28-26-25-27-29-31-33-36-39-43-47-51-55-59-63-67-71-75-86-80(85)74-70-66-62-58-54-50-46-42-22-20-18-16-14-12-10-8-6-4-2/h14,16,20,22,25,27,68,72,77-78,82-83H,3-13,15,17-19,21,23-24,26,28-67,69-71,73-76H2,1-2H3,(H,81,84)/b16-14-,22-20-,27-25-,72-68+. The summed E-state index contributed by atoms with van der Waals surface area (Å²) in [6.07, 6.45) is 99.3. The van der Waals surface area contributed by atoms with E-state index in [1.54, 1.807) is 6.08 Å². The molecule has 0 heterocycles. The average molecular weight is 1210 g/mol. The van der Waals surface area contributed by atoms with Crippen LogP contribution in [0.25, 0.3) is 0 Å². The first-order valence-electron chi connectivity index (χ1n) is 38.9. The Labute approximate surface area is 537 Å². The fraction of sp³-hybridized carbons (Fsp3) is 0.875. The van der Waals surface area contributed by atoms with Gasteiger partial charge in [0.15, 0.2) is 0 Å². The fourth-order valence-corrected chi connectivity index (χ4v) is 12.1. The zero-order valence-electron chi connectivity index (χ0n) is 58.1. The molecule has 86 heavy (non-hydrogen) atoms. The van der Waals surface area contributed by atoms with Gasteiger partial charge in [-0.25, -0.2) is 0 Å². The number of rotatable bonds is 73. The minimum absolute atomic E-state index is 0.00931. The molecule has 0 saturated heterocycles. The molecule has 0 aliphatic rings. The van der Waals surface area contributed by atoms with Gasteiger partial charge in [-0.15, -0.1) is 0 Å². The number of hydrogen-bond acceptors (Lipinski definition) is 5. The number of carbonyl (C=O) groups excluding carboxylic acids is 2. The van der Waals surface area contributed by atoms with Crippen molar-refractivity contribution in [1.82, 2.24) is 5.32 Å². The summed E-state index contributed by atoms with van der Waals surface area (Å²) in [6.45, 7) is 4.92. The van der Waals surface area contributed by atoms with Crippen LogP contribution in [0.3, 0.4) is 0 Å². The molecule has 1 amide bonds. The molecule has 0 aliphatic heterocycles. The van der Waals surface area contributed by atoms with E-state index in [9.17, 15) is 19.8 Å². The first-order chi connectivity index (χ1) is 42.5. The van der Waals surface area contributed by atoms with Crippen molar-refractivity contribution in [3.05, 3.63) is 48.6 Å². The van der Waals surface area contributed by atoms with E-state index < -0.39 is 12.1 Å². The summed E-state index contributed by atoms with van der Waals surface area (Å²) in [4.78, 5) is 24.7. The summed E-state index contributed by atoms with van der Waals surface area (Å²) in [6, 6.07) is -0.629. The van der Waals surface area contributed by atoms with Crippen molar-refractivity contribution in [1.29, 1.82) is 0 Å². The molecule has 3 N–H and O–H groups in total. The lowest BCUT2D eigenvalue weighted by Crippen LogP contribution is -2.45. The Balaban J connectivity index is 3.40. The Morgan fingerprint density at radius 2 is 0.581 bits per heavy atom. The molecular formula is C80H151NO5. The van der Waals surface area contributed by atoms with Gasteiger partial charge in [-0.1, -0.05) is 371 Å². The predicted molar refractivity (Wildman–Crippen MR) is 379 cm³/mol. The van der Waals surface area contributed by atoms with Gasteiger partial charge in [-0.05, 0) is 89.9 Å². The lowest BCUT2D eigenvalue weighted by atomic mass is 10.0. The summed E-state index contributed by atoms with van der Waals surface area (Å²) >= 11 is 0. The summed E-state index contributed by atoms with van der Waals surface area (Å²) in [5.41, 5.74) is 0. The minimum atomic E-state index is -0.846. The second-order valence-corrected chi connectivity index (χ2v) is 26.7. The molecule has 0 radical (unpaired) electrons. The third kappa shape index (κ3) is 70.9. The lowest BCUT2D eigenvalue weighted by Gasteiger charge is -2.20. The number of esters is 1. The van der Waals surface area contributed by atoms with E-state index >= 15 is 0 Å². The molecule has 6 nitrogen and oxygen atoms in total. The van der Waals surface area contributed by atoms with E-state index in [1.165, 1.54) is 347 Å². The van der Waals surface area contributed by atoms with Crippen LogP contribution in [0.2, 0.25) is 0 Å². The maximum atomic E-state index is 12.5. The van der Waals surface area contributed by atoms with Crippen molar-refractivity contribution in [2.75, 3.05) is 13.2 Å². The van der Waals surface area contributed by atoms with Crippen molar-refractivity contribution in [3.8, 4) is 0 Å². The molecule has 0 spiro atoms. The molecule has 0 bridgehead atoms. The normalized spacial score (nSPS) is 12.7. The summed E-state index contributed by atoms with van der Waals surface area (Å²) in [7, 11) is 0. The number of unbranched alkanes of at least 4 members (excludes halogenated alkanes) is 56. The Morgan fingerprint density at radius 1 is 0.326 bits per heavy atom. The van der Waals surface area contributed by atoms with Crippen molar-refractivity contribution in [2.45, 2.75) is 437 Å². The summed E-state index contributed by atoms with van der Waals surface area (Å²) < 4.78 is 5.51. The number of carbonyl (C=O) groups is 2. The Morgan fingerprint density at radius 3 is 0.907 bits per heavy atom. The minimum Gasteiger partial charge on any atom is -0.466 e. The van der Waals surface area contributed by atoms with Gasteiger partial charge in [-0.3, -0.25) is 9.59 Å². The smallest absolute Gasteiger partial charge is 0.305 e. The first kappa shape index (κ1) is 83.8. The SMILES string of the molecule is CCCCCC/C=C\C/C=C\CCCCCCCCCC(=O)OCCCCCCCCCCCCCC/C=C\CCCCCCCCCCCCCCCC(=O)NC(CO)C(O)/C=C/CCCCCCCCCCCCCCCCCCCCCC. The van der Waals surface area contributed by atoms with E-state index in [0.717, 1.165) is 51.4 Å². The lowest BCUT2D eigenvalue weighted by molar-refractivity contribution is -0.143. The van der Waals surface area contributed by atoms with Gasteiger partial charge in [0.05, 0.1) is 25.4 Å². The number of amides is 1. The quantitative estimate of drug-likeness (QED) is 0.0320. The number of aliphatic hydroxyl groups excluding tert-OH is 2. The predicted octanol–water partition coefficient (Wildman–Crippen LogP) is 25.6. The molecule has 2 unspecified atom stereocenters. The molecule has 0 aliphatic carbocycles. The average Bonchev–Trinajstić information content (AvgIpc) is 3.53. The third-order valence-electron chi connectivity index (χ3n) is 18.1. The van der Waals surface area contributed by atoms with Crippen LogP contribution in [0.5, 0.6) is 0 Å². The topological polar surface area (TPSA) is 95.9 Å². The van der Waals surface area contributed by atoms with E-state index in [-0.39, 0.29) is 18.5 Å². The highest BCUT2D eigenvalue weighted by atomic mass is 16.5. The maximum absolute atomic E-state index is 12.5. The Hall–Kier alpha value is -2.18. The Kier molecular flexibility index (Phi) is 73.4. The number of hydrogen-bond donors (Lipinski definition) is 3. The van der Waals surface area contributed by atoms with E-state index in [2.05, 4.69) is 55.6 Å². The van der Waals surface area contributed by atoms with E-state index in [1.807, 2.05) is 6.08 Å². The zero-order valence-corrected chi connectivity index (χ0v) is 58.1. The van der Waals surface area contributed by atoms with Crippen LogP contribution in [0.1, 0.15) is 425 Å². The van der Waals surface area contributed by atoms with Gasteiger partial charge in [0.2, 0.25) is 5.91 Å². The highest BCUT2D eigenvalue weighted by molar-refractivity contribution is 5.76. The summed E-state index contributed by atoms with van der Waals surface area (Å²) in [5.74, 6) is -0.0539. The van der Waals surface area contributed by atoms with Crippen LogP contribution in [-0.2, 0) is 14.3 Å². The molecule has 506 valence electrons. The molecule has 0 aromatic rings. The van der Waals surface area contributed by atoms with Gasteiger partial charge < -0.3 is 20.3 Å². The van der Waals surface area contributed by atoms with Crippen LogP contribution >= 0.6 is 0 Å². The first-order valence-corrected chi connectivity index (χ1v) is 38.9. The molecule has 0 fully saturated rings. The third-order valence-corrected chi connectivity index (χ3v) is 18.1. The van der Waals surface area contributed by atoms with Crippen molar-refractivity contribution in [3.63, 3.8) is 0 Å². The van der Waals surface area contributed by atoms with Gasteiger partial charge in [0, 0.05) is 12.8 Å². The molecule has 0 saturated carbocycles. The van der Waals surface area contributed by atoms with Crippen LogP contribution in [0.4, 0.5) is 0 Å². The van der Waals surface area contributed by atoms with Crippen LogP contribution in [-0.4, -0.2) is 47.4 Å². The highest BCUT2D eigenvalue weighted by Crippen LogP contribution is 2.19. The molecule has 0 rings (SSSR count). The van der Waals surface area contributed by atoms with Crippen LogP contribution in [0, 0.1) is 0 Å². The van der Waals surface area contributed by atoms with Gasteiger partial charge in [-0.2, -0.15) is 0 Å². The molecule has 0 aromatic carbocycles. The number of allylic oxidation sites excluding steroid dienone is 7. The van der Waals surface area contributed by atoms with E-state index in [0.29, 0.717) is 19.4 Å². The molecule has 2 atom stereocenters. The number of aliphatic hydroxyl groups is 2. The van der Waals surface area contributed by atoms with Crippen molar-refractivity contribution < 1.29 is 24.5 Å². The molecular weight excluding hydrogens is 1050 g/mol. The van der Waals surface area contributed by atoms with Gasteiger partial charge in [0.25, 0.3) is 0 Å². The summed E-state index contributed by atoms with van der Waals surface area (Å²) in [5, 5.41) is 23.3. The maximum Gasteiger partial charge on any atom is 0.305 e. The van der Waals surface area contributed by atoms with Gasteiger partial charge >= 0.3 is 5.97 Å². The van der Waals surface area contributed by atoms with Crippen LogP contribution in [0.15, 0.2) is 48.6 Å². The second-order valence-electron chi connectivity index (χ2n) is 26.7. The Bertz CT molecular complexity index is 1440. The highest BCUT2D eigenvalue weighted by Gasteiger charge is 2.18. The van der Waals surface area contributed by atoms with Crippen molar-refractivity contribution >= 4 is 11.9 Å². The monoisotopic (exact) mass is 1210 g/mol. The zero-order chi connectivity index (χ0) is 62.0. The van der Waals surface area contributed by atoms with E-state index in [4.69, 9.17) is 4.74 Å². The number of ether oxygens (including phenoxy) is 1. The number of nitrogens with one attached hydrogen (secondary N) is 1. The second kappa shape index (κ2) is 75.3. The fourth-order valence-electron chi connectivity index (χ4n) is 12.1. The molecule has 6 heteroatoms.